The number of halogens is 1. The fourth-order valence-corrected chi connectivity index (χ4v) is 2.25. The molecule has 0 saturated heterocycles. The van der Waals surface area contributed by atoms with Gasteiger partial charge in [0.15, 0.2) is 0 Å². The van der Waals surface area contributed by atoms with Crippen LogP contribution in [0, 0.1) is 6.92 Å². The van der Waals surface area contributed by atoms with E-state index in [1.807, 2.05) is 13.1 Å². The lowest BCUT2D eigenvalue weighted by molar-refractivity contribution is 0.171. The van der Waals surface area contributed by atoms with Gasteiger partial charge in [0, 0.05) is 49.9 Å². The van der Waals surface area contributed by atoms with E-state index in [0.29, 0.717) is 19.1 Å². The molecule has 1 rings (SSSR count). The van der Waals surface area contributed by atoms with Crippen LogP contribution in [0.5, 0.6) is 0 Å². The zero-order valence-electron chi connectivity index (χ0n) is 12.1. The Bertz CT molecular complexity index is 388. The van der Waals surface area contributed by atoms with Crippen LogP contribution >= 0.6 is 11.6 Å². The predicted octanol–water partition coefficient (Wildman–Crippen LogP) is 2.62. The Hall–Kier alpha value is -0.840. The van der Waals surface area contributed by atoms with Crippen LogP contribution in [-0.4, -0.2) is 45.0 Å². The lowest BCUT2D eigenvalue weighted by Gasteiger charge is -2.32. The second-order valence-electron chi connectivity index (χ2n) is 4.58. The van der Waals surface area contributed by atoms with E-state index in [-0.39, 0.29) is 6.04 Å². The van der Waals surface area contributed by atoms with Crippen molar-refractivity contribution in [3.63, 3.8) is 0 Å². The molecule has 0 amide bonds. The normalized spacial score (nSPS) is 12.5. The minimum absolute atomic E-state index is 0.254. The Labute approximate surface area is 120 Å². The first-order chi connectivity index (χ1) is 9.13. The molecule has 0 N–H and O–H groups in total. The number of alkyl halides is 1. The van der Waals surface area contributed by atoms with Crippen molar-refractivity contribution in [1.29, 1.82) is 0 Å². The van der Waals surface area contributed by atoms with E-state index >= 15 is 0 Å². The highest BCUT2D eigenvalue weighted by atomic mass is 35.5. The van der Waals surface area contributed by atoms with Crippen molar-refractivity contribution in [2.45, 2.75) is 25.8 Å². The number of rotatable bonds is 8. The zero-order valence-corrected chi connectivity index (χ0v) is 12.9. The average molecular weight is 287 g/mol. The maximum Gasteiger partial charge on any atom is 0.0663 e. The molecule has 1 atom stereocenters. The summed E-state index contributed by atoms with van der Waals surface area (Å²) in [4.78, 5) is 6.57. The largest absolute Gasteiger partial charge is 0.383 e. The highest BCUT2D eigenvalue weighted by Crippen LogP contribution is 2.24. The summed E-state index contributed by atoms with van der Waals surface area (Å²) < 4.78 is 10.5. The molecule has 1 aromatic heterocycles. The Balaban J connectivity index is 3.04. The molecule has 0 aromatic carbocycles. The van der Waals surface area contributed by atoms with Gasteiger partial charge in [-0.05, 0) is 19.9 Å². The third kappa shape index (κ3) is 4.64. The Morgan fingerprint density at radius 3 is 2.68 bits per heavy atom. The van der Waals surface area contributed by atoms with Gasteiger partial charge in [-0.3, -0.25) is 4.98 Å². The van der Waals surface area contributed by atoms with Gasteiger partial charge in [0.1, 0.15) is 0 Å². The fraction of sp³-hybridized carbons (Fsp3) is 0.643. The first kappa shape index (κ1) is 16.2. The van der Waals surface area contributed by atoms with Crippen LogP contribution < -0.4 is 4.90 Å². The Morgan fingerprint density at radius 1 is 1.37 bits per heavy atom. The SMILES string of the molecule is COCCN(c1cc(C)ncc1CCl)C(C)COC. The molecule has 0 fully saturated rings. The molecule has 0 spiro atoms. The number of anilines is 1. The van der Waals surface area contributed by atoms with Crippen molar-refractivity contribution in [3.05, 3.63) is 23.5 Å². The molecular weight excluding hydrogens is 264 g/mol. The van der Waals surface area contributed by atoms with Gasteiger partial charge in [-0.25, -0.2) is 0 Å². The summed E-state index contributed by atoms with van der Waals surface area (Å²) in [5.74, 6) is 0.450. The quantitative estimate of drug-likeness (QED) is 0.688. The Kier molecular flexibility index (Phi) is 7.13. The minimum atomic E-state index is 0.254. The monoisotopic (exact) mass is 286 g/mol. The molecule has 1 unspecified atom stereocenters. The van der Waals surface area contributed by atoms with E-state index in [9.17, 15) is 0 Å². The topological polar surface area (TPSA) is 34.6 Å². The van der Waals surface area contributed by atoms with Crippen molar-refractivity contribution < 1.29 is 9.47 Å². The molecule has 108 valence electrons. The lowest BCUT2D eigenvalue weighted by Crippen LogP contribution is -2.39. The van der Waals surface area contributed by atoms with Crippen LogP contribution in [0.15, 0.2) is 12.3 Å². The summed E-state index contributed by atoms with van der Waals surface area (Å²) >= 11 is 6.02. The van der Waals surface area contributed by atoms with Crippen molar-refractivity contribution in [2.75, 3.05) is 38.9 Å². The predicted molar refractivity (Wildman–Crippen MR) is 79.1 cm³/mol. The third-order valence-corrected chi connectivity index (χ3v) is 3.32. The maximum absolute atomic E-state index is 6.02. The average Bonchev–Trinajstić information content (AvgIpc) is 2.40. The van der Waals surface area contributed by atoms with Gasteiger partial charge in [-0.15, -0.1) is 11.6 Å². The molecule has 0 aliphatic carbocycles. The molecule has 19 heavy (non-hydrogen) atoms. The van der Waals surface area contributed by atoms with E-state index in [4.69, 9.17) is 21.1 Å². The van der Waals surface area contributed by atoms with E-state index in [2.05, 4.69) is 22.9 Å². The van der Waals surface area contributed by atoms with E-state index < -0.39 is 0 Å². The number of hydrogen-bond donors (Lipinski definition) is 0. The number of nitrogens with zero attached hydrogens (tertiary/aromatic N) is 2. The second-order valence-corrected chi connectivity index (χ2v) is 4.85. The molecule has 0 radical (unpaired) electrons. The summed E-state index contributed by atoms with van der Waals surface area (Å²) in [6, 6.07) is 2.32. The van der Waals surface area contributed by atoms with Gasteiger partial charge in [-0.2, -0.15) is 0 Å². The molecule has 0 aliphatic heterocycles. The standard InChI is InChI=1S/C14H23ClN2O2/c1-11-7-14(13(8-15)9-16-11)17(5-6-18-3)12(2)10-19-4/h7,9,12H,5-6,8,10H2,1-4H3. The lowest BCUT2D eigenvalue weighted by atomic mass is 10.1. The van der Waals surface area contributed by atoms with Crippen molar-refractivity contribution in [2.24, 2.45) is 0 Å². The molecule has 0 bridgehead atoms. The van der Waals surface area contributed by atoms with Crippen LogP contribution in [0.25, 0.3) is 0 Å². The first-order valence-electron chi connectivity index (χ1n) is 6.40. The highest BCUT2D eigenvalue weighted by molar-refractivity contribution is 6.17. The van der Waals surface area contributed by atoms with Gasteiger partial charge < -0.3 is 14.4 Å². The van der Waals surface area contributed by atoms with Crippen LogP contribution in [-0.2, 0) is 15.4 Å². The van der Waals surface area contributed by atoms with E-state index in [0.717, 1.165) is 23.5 Å². The van der Waals surface area contributed by atoms with Crippen LogP contribution in [0.3, 0.4) is 0 Å². The van der Waals surface area contributed by atoms with E-state index in [1.54, 1.807) is 14.2 Å². The van der Waals surface area contributed by atoms with Gasteiger partial charge >= 0.3 is 0 Å². The van der Waals surface area contributed by atoms with Crippen molar-refractivity contribution in [1.82, 2.24) is 4.98 Å². The molecule has 0 saturated carbocycles. The summed E-state index contributed by atoms with van der Waals surface area (Å²) in [5.41, 5.74) is 3.13. The zero-order chi connectivity index (χ0) is 14.3. The number of pyridine rings is 1. The number of hydrogen-bond acceptors (Lipinski definition) is 4. The summed E-state index contributed by atoms with van der Waals surface area (Å²) in [7, 11) is 3.42. The second kappa shape index (κ2) is 8.35. The number of ether oxygens (including phenoxy) is 2. The molecule has 1 heterocycles. The van der Waals surface area contributed by atoms with E-state index in [1.165, 1.54) is 0 Å². The van der Waals surface area contributed by atoms with Crippen LogP contribution in [0.1, 0.15) is 18.2 Å². The number of aryl methyl sites for hydroxylation is 1. The minimum Gasteiger partial charge on any atom is -0.383 e. The van der Waals surface area contributed by atoms with Gasteiger partial charge in [0.2, 0.25) is 0 Å². The van der Waals surface area contributed by atoms with Gasteiger partial charge in [-0.1, -0.05) is 0 Å². The van der Waals surface area contributed by atoms with Crippen LogP contribution in [0.4, 0.5) is 5.69 Å². The van der Waals surface area contributed by atoms with Gasteiger partial charge in [0.25, 0.3) is 0 Å². The maximum atomic E-state index is 6.02. The summed E-state index contributed by atoms with van der Waals surface area (Å²) in [6.07, 6.45) is 1.84. The van der Waals surface area contributed by atoms with Crippen LogP contribution in [0.2, 0.25) is 0 Å². The number of aromatic nitrogens is 1. The van der Waals surface area contributed by atoms with Crippen molar-refractivity contribution >= 4 is 17.3 Å². The molecule has 1 aromatic rings. The Morgan fingerprint density at radius 2 is 2.11 bits per heavy atom. The van der Waals surface area contributed by atoms with Crippen molar-refractivity contribution in [3.8, 4) is 0 Å². The molecule has 4 nitrogen and oxygen atoms in total. The fourth-order valence-electron chi connectivity index (χ4n) is 2.04. The van der Waals surface area contributed by atoms with Gasteiger partial charge in [0.05, 0.1) is 19.1 Å². The number of methoxy groups -OCH3 is 2. The smallest absolute Gasteiger partial charge is 0.0663 e. The molecule has 5 heteroatoms. The first-order valence-corrected chi connectivity index (χ1v) is 6.93. The highest BCUT2D eigenvalue weighted by Gasteiger charge is 2.17. The molecular formula is C14H23ClN2O2. The summed E-state index contributed by atoms with van der Waals surface area (Å²) in [5, 5.41) is 0. The third-order valence-electron chi connectivity index (χ3n) is 3.03. The molecule has 0 aliphatic rings. The summed E-state index contributed by atoms with van der Waals surface area (Å²) in [6.45, 7) is 6.24.